The number of rotatable bonds is 6. The summed E-state index contributed by atoms with van der Waals surface area (Å²) in [5.41, 5.74) is 1.27. The van der Waals surface area contributed by atoms with E-state index in [-0.39, 0.29) is 5.91 Å². The lowest BCUT2D eigenvalue weighted by Gasteiger charge is -2.31. The van der Waals surface area contributed by atoms with Gasteiger partial charge in [0.05, 0.1) is 17.6 Å². The second kappa shape index (κ2) is 7.96. The van der Waals surface area contributed by atoms with Gasteiger partial charge in [0.1, 0.15) is 5.82 Å². The molecule has 25 heavy (non-hydrogen) atoms. The molecule has 0 bridgehead atoms. The van der Waals surface area contributed by atoms with Gasteiger partial charge in [-0.05, 0) is 43.0 Å². The van der Waals surface area contributed by atoms with Crippen LogP contribution in [0.25, 0.3) is 0 Å². The molecule has 1 saturated heterocycles. The fourth-order valence-corrected chi connectivity index (χ4v) is 3.07. The Morgan fingerprint density at radius 1 is 1.32 bits per heavy atom. The second-order valence-corrected chi connectivity index (χ2v) is 6.62. The number of carbonyl (C=O) groups excluding carboxylic acids is 2. The molecule has 0 atom stereocenters. The number of piperidine rings is 1. The van der Waals surface area contributed by atoms with Gasteiger partial charge in [-0.2, -0.15) is 0 Å². The fraction of sp³-hybridized carbons (Fsp3) is 0.421. The van der Waals surface area contributed by atoms with Crippen molar-refractivity contribution in [2.24, 2.45) is 5.92 Å². The van der Waals surface area contributed by atoms with Crippen LogP contribution in [-0.2, 0) is 11.3 Å². The van der Waals surface area contributed by atoms with Gasteiger partial charge in [-0.1, -0.05) is 6.92 Å². The third-order valence-corrected chi connectivity index (χ3v) is 4.70. The number of nitrogens with one attached hydrogen (secondary N) is 1. The number of anilines is 2. The number of aryl methyl sites for hydroxylation is 1. The Labute approximate surface area is 147 Å². The Bertz CT molecular complexity index is 715. The lowest BCUT2D eigenvalue weighted by molar-refractivity contribution is -0.116. The number of pyridine rings is 1. The molecule has 1 amide bonds. The lowest BCUT2D eigenvalue weighted by Crippen LogP contribution is -2.33. The van der Waals surface area contributed by atoms with E-state index in [1.54, 1.807) is 29.1 Å². The molecule has 0 aromatic carbocycles. The maximum atomic E-state index is 12.1. The molecule has 0 spiro atoms. The van der Waals surface area contributed by atoms with Crippen molar-refractivity contribution in [3.05, 3.63) is 42.4 Å². The summed E-state index contributed by atoms with van der Waals surface area (Å²) in [7, 11) is 0. The Hall–Kier alpha value is -2.63. The molecule has 0 saturated carbocycles. The summed E-state index contributed by atoms with van der Waals surface area (Å²) in [6.45, 7) is 4.84. The minimum Gasteiger partial charge on any atom is -0.357 e. The highest BCUT2D eigenvalue weighted by Gasteiger charge is 2.16. The Balaban J connectivity index is 1.51. The number of carbonyl (C=O) groups is 2. The molecule has 132 valence electrons. The standard InChI is InChI=1S/C19H24N4O2/c1-15-6-10-23(11-7-15)18-5-4-16(13-20-18)21-19(25)8-12-22-9-2-3-17(22)14-24/h2-5,9,13-15H,6-8,10-12H2,1H3,(H,21,25). The number of nitrogens with zero attached hydrogens (tertiary/aromatic N) is 3. The molecule has 1 N–H and O–H groups in total. The van der Waals surface area contributed by atoms with Gasteiger partial charge in [-0.25, -0.2) is 4.98 Å². The molecule has 0 radical (unpaired) electrons. The third-order valence-electron chi connectivity index (χ3n) is 4.70. The van der Waals surface area contributed by atoms with Crippen molar-refractivity contribution < 1.29 is 9.59 Å². The molecule has 0 aliphatic carbocycles. The van der Waals surface area contributed by atoms with Gasteiger partial charge in [-0.3, -0.25) is 9.59 Å². The maximum Gasteiger partial charge on any atom is 0.226 e. The van der Waals surface area contributed by atoms with Crippen LogP contribution in [0, 0.1) is 5.92 Å². The normalized spacial score (nSPS) is 15.2. The summed E-state index contributed by atoms with van der Waals surface area (Å²) in [6, 6.07) is 7.38. The van der Waals surface area contributed by atoms with Crippen molar-refractivity contribution in [1.29, 1.82) is 0 Å². The predicted molar refractivity (Wildman–Crippen MR) is 97.9 cm³/mol. The largest absolute Gasteiger partial charge is 0.357 e. The molecule has 1 fully saturated rings. The Kier molecular flexibility index (Phi) is 5.48. The number of hydrogen-bond donors (Lipinski definition) is 1. The topological polar surface area (TPSA) is 67.2 Å². The van der Waals surface area contributed by atoms with E-state index in [9.17, 15) is 9.59 Å². The van der Waals surface area contributed by atoms with Gasteiger partial charge in [0.2, 0.25) is 5.91 Å². The first-order valence-corrected chi connectivity index (χ1v) is 8.77. The second-order valence-electron chi connectivity index (χ2n) is 6.62. The molecule has 2 aromatic rings. The van der Waals surface area contributed by atoms with Crippen molar-refractivity contribution in [2.45, 2.75) is 32.7 Å². The highest BCUT2D eigenvalue weighted by Crippen LogP contribution is 2.22. The van der Waals surface area contributed by atoms with Gasteiger partial charge in [0.15, 0.2) is 6.29 Å². The van der Waals surface area contributed by atoms with Crippen LogP contribution >= 0.6 is 0 Å². The van der Waals surface area contributed by atoms with Crippen LogP contribution < -0.4 is 10.2 Å². The van der Waals surface area contributed by atoms with E-state index < -0.39 is 0 Å². The van der Waals surface area contributed by atoms with Gasteiger partial charge in [-0.15, -0.1) is 0 Å². The molecule has 0 unspecified atom stereocenters. The van der Waals surface area contributed by atoms with Crippen LogP contribution in [0.2, 0.25) is 0 Å². The monoisotopic (exact) mass is 340 g/mol. The van der Waals surface area contributed by atoms with Gasteiger partial charge in [0.25, 0.3) is 0 Å². The van der Waals surface area contributed by atoms with Crippen molar-refractivity contribution in [3.8, 4) is 0 Å². The number of aromatic nitrogens is 2. The van der Waals surface area contributed by atoms with Crippen LogP contribution in [-0.4, -0.2) is 34.8 Å². The summed E-state index contributed by atoms with van der Waals surface area (Å²) in [5.74, 6) is 1.66. The summed E-state index contributed by atoms with van der Waals surface area (Å²) >= 11 is 0. The van der Waals surface area contributed by atoms with E-state index in [0.29, 0.717) is 24.3 Å². The van der Waals surface area contributed by atoms with Crippen LogP contribution in [0.1, 0.15) is 36.7 Å². The average Bonchev–Trinajstić information content (AvgIpc) is 3.09. The predicted octanol–water partition coefficient (Wildman–Crippen LogP) is 2.96. The Morgan fingerprint density at radius 3 is 2.80 bits per heavy atom. The average molecular weight is 340 g/mol. The molecular weight excluding hydrogens is 316 g/mol. The van der Waals surface area contributed by atoms with E-state index in [1.807, 2.05) is 12.1 Å². The minimum absolute atomic E-state index is 0.0908. The molecule has 6 heteroatoms. The van der Waals surface area contributed by atoms with Crippen LogP contribution in [0.3, 0.4) is 0 Å². The van der Waals surface area contributed by atoms with Crippen molar-refractivity contribution in [1.82, 2.24) is 9.55 Å². The highest BCUT2D eigenvalue weighted by molar-refractivity contribution is 5.90. The number of aldehydes is 1. The summed E-state index contributed by atoms with van der Waals surface area (Å²) < 4.78 is 1.77. The summed E-state index contributed by atoms with van der Waals surface area (Å²) in [4.78, 5) is 29.7. The molecule has 1 aliphatic heterocycles. The van der Waals surface area contributed by atoms with Crippen LogP contribution in [0.5, 0.6) is 0 Å². The summed E-state index contributed by atoms with van der Waals surface area (Å²) in [5, 5.41) is 2.86. The smallest absolute Gasteiger partial charge is 0.226 e. The highest BCUT2D eigenvalue weighted by atomic mass is 16.1. The van der Waals surface area contributed by atoms with Crippen LogP contribution in [0.4, 0.5) is 11.5 Å². The Morgan fingerprint density at radius 2 is 2.12 bits per heavy atom. The van der Waals surface area contributed by atoms with Gasteiger partial charge < -0.3 is 14.8 Å². The molecular formula is C19H24N4O2. The zero-order valence-electron chi connectivity index (χ0n) is 14.5. The quantitative estimate of drug-likeness (QED) is 0.821. The number of amides is 1. The van der Waals surface area contributed by atoms with E-state index in [4.69, 9.17) is 0 Å². The van der Waals surface area contributed by atoms with Crippen molar-refractivity contribution >= 4 is 23.7 Å². The van der Waals surface area contributed by atoms with Gasteiger partial charge in [0, 0.05) is 32.3 Å². The number of hydrogen-bond acceptors (Lipinski definition) is 4. The molecule has 2 aromatic heterocycles. The zero-order chi connectivity index (χ0) is 17.6. The van der Waals surface area contributed by atoms with E-state index in [2.05, 4.69) is 22.1 Å². The minimum atomic E-state index is -0.0908. The SMILES string of the molecule is CC1CCN(c2ccc(NC(=O)CCn3cccc3C=O)cn2)CC1. The maximum absolute atomic E-state index is 12.1. The first-order chi connectivity index (χ1) is 12.2. The molecule has 3 heterocycles. The zero-order valence-corrected chi connectivity index (χ0v) is 14.5. The lowest BCUT2D eigenvalue weighted by atomic mass is 9.99. The van der Waals surface area contributed by atoms with Crippen molar-refractivity contribution in [2.75, 3.05) is 23.3 Å². The van der Waals surface area contributed by atoms with Crippen molar-refractivity contribution in [3.63, 3.8) is 0 Å². The molecule has 1 aliphatic rings. The van der Waals surface area contributed by atoms with E-state index in [1.165, 1.54) is 12.8 Å². The third kappa shape index (κ3) is 4.47. The fourth-order valence-electron chi connectivity index (χ4n) is 3.07. The first kappa shape index (κ1) is 17.2. The molecule has 6 nitrogen and oxygen atoms in total. The van der Waals surface area contributed by atoms with Gasteiger partial charge >= 0.3 is 0 Å². The summed E-state index contributed by atoms with van der Waals surface area (Å²) in [6.07, 6.45) is 7.00. The van der Waals surface area contributed by atoms with Crippen LogP contribution in [0.15, 0.2) is 36.7 Å². The van der Waals surface area contributed by atoms with E-state index in [0.717, 1.165) is 31.1 Å². The van der Waals surface area contributed by atoms with E-state index >= 15 is 0 Å². The molecule has 3 rings (SSSR count). The first-order valence-electron chi connectivity index (χ1n) is 8.77.